The first-order valence-electron chi connectivity index (χ1n) is 9.18. The molecule has 0 aliphatic rings. The maximum Gasteiger partial charge on any atom is 0.251 e. The summed E-state index contributed by atoms with van der Waals surface area (Å²) in [5.74, 6) is 0.609. The Balaban J connectivity index is 1.37. The number of carbonyl (C=O) groups excluding carboxylic acids is 1. The lowest BCUT2D eigenvalue weighted by atomic mass is 10.2. The molecule has 0 aliphatic carbocycles. The van der Waals surface area contributed by atoms with E-state index < -0.39 is 0 Å². The molecule has 0 spiro atoms. The molecule has 0 atom stereocenters. The van der Waals surface area contributed by atoms with Crippen LogP contribution < -0.4 is 10.1 Å². The number of amides is 1. The first-order chi connectivity index (χ1) is 13.7. The largest absolute Gasteiger partial charge is 0.489 e. The number of pyridine rings is 1. The predicted molar refractivity (Wildman–Crippen MR) is 108 cm³/mol. The van der Waals surface area contributed by atoms with Gasteiger partial charge in [0.05, 0.1) is 17.9 Å². The van der Waals surface area contributed by atoms with Crippen LogP contribution in [0.15, 0.2) is 79.0 Å². The predicted octanol–water partition coefficient (Wildman–Crippen LogP) is 4.15. The summed E-state index contributed by atoms with van der Waals surface area (Å²) in [7, 11) is 0. The van der Waals surface area contributed by atoms with Gasteiger partial charge in [0.25, 0.3) is 5.91 Å². The number of nitrogens with one attached hydrogen (secondary N) is 1. The minimum absolute atomic E-state index is 0.125. The minimum Gasteiger partial charge on any atom is -0.489 e. The minimum atomic E-state index is -0.125. The van der Waals surface area contributed by atoms with Gasteiger partial charge in [-0.15, -0.1) is 0 Å². The fourth-order valence-electron chi connectivity index (χ4n) is 3.09. The number of nitrogens with zero attached hydrogens (tertiary/aromatic N) is 2. The van der Waals surface area contributed by atoms with Gasteiger partial charge < -0.3 is 14.5 Å². The number of fused-ring (bicyclic) bond motifs is 1. The number of carbonyl (C=O) groups is 1. The van der Waals surface area contributed by atoms with Crippen molar-refractivity contribution in [2.75, 3.05) is 0 Å². The third-order valence-electron chi connectivity index (χ3n) is 4.61. The zero-order valence-electron chi connectivity index (χ0n) is 15.6. The lowest BCUT2D eigenvalue weighted by Gasteiger charge is -2.09. The number of ether oxygens (including phenoxy) is 1. The van der Waals surface area contributed by atoms with Gasteiger partial charge in [-0.05, 0) is 48.9 Å². The summed E-state index contributed by atoms with van der Waals surface area (Å²) < 4.78 is 7.76. The van der Waals surface area contributed by atoms with E-state index in [0.29, 0.717) is 18.7 Å². The molecule has 1 amide bonds. The monoisotopic (exact) mass is 371 g/mol. The standard InChI is InChI=1S/C23H21N3O2/c1-17-21(26-14-6-5-9-22(26)25-17)15-24-23(27)19-10-12-20(13-11-19)28-16-18-7-3-2-4-8-18/h2-14H,15-16H2,1H3,(H,24,27). The van der Waals surface area contributed by atoms with E-state index in [1.807, 2.05) is 78.2 Å². The van der Waals surface area contributed by atoms with E-state index in [9.17, 15) is 4.79 Å². The Hall–Kier alpha value is -3.60. The number of rotatable bonds is 6. The molecule has 1 N–H and O–H groups in total. The first-order valence-corrected chi connectivity index (χ1v) is 9.18. The molecule has 0 saturated carbocycles. The summed E-state index contributed by atoms with van der Waals surface area (Å²) >= 11 is 0. The average Bonchev–Trinajstić information content (AvgIpc) is 3.06. The number of aryl methyl sites for hydroxylation is 1. The fraction of sp³-hybridized carbons (Fsp3) is 0.130. The molecule has 0 unspecified atom stereocenters. The normalized spacial score (nSPS) is 10.8. The van der Waals surface area contributed by atoms with Crippen LogP contribution in [-0.2, 0) is 13.2 Å². The van der Waals surface area contributed by atoms with Crippen LogP contribution in [-0.4, -0.2) is 15.3 Å². The van der Waals surface area contributed by atoms with Crippen molar-refractivity contribution in [1.82, 2.24) is 14.7 Å². The van der Waals surface area contributed by atoms with Crippen LogP contribution in [0.4, 0.5) is 0 Å². The molecule has 28 heavy (non-hydrogen) atoms. The lowest BCUT2D eigenvalue weighted by Crippen LogP contribution is -2.23. The fourth-order valence-corrected chi connectivity index (χ4v) is 3.09. The summed E-state index contributed by atoms with van der Waals surface area (Å²) in [5, 5.41) is 2.97. The van der Waals surface area contributed by atoms with Crippen molar-refractivity contribution < 1.29 is 9.53 Å². The Bertz CT molecular complexity index is 1090. The number of imidazole rings is 1. The van der Waals surface area contributed by atoms with Crippen LogP contribution in [0.1, 0.15) is 27.3 Å². The SMILES string of the molecule is Cc1nc2ccccn2c1CNC(=O)c1ccc(OCc2ccccc2)cc1. The van der Waals surface area contributed by atoms with E-state index >= 15 is 0 Å². The molecule has 2 heterocycles. The number of aromatic nitrogens is 2. The van der Waals surface area contributed by atoms with E-state index in [4.69, 9.17) is 4.74 Å². The van der Waals surface area contributed by atoms with Crippen LogP contribution in [0, 0.1) is 6.92 Å². The second-order valence-electron chi connectivity index (χ2n) is 6.55. The van der Waals surface area contributed by atoms with Crippen LogP contribution in [0.25, 0.3) is 5.65 Å². The Kier molecular flexibility index (Phi) is 5.06. The van der Waals surface area contributed by atoms with Gasteiger partial charge in [-0.2, -0.15) is 0 Å². The Morgan fingerprint density at radius 2 is 1.75 bits per heavy atom. The van der Waals surface area contributed by atoms with Crippen LogP contribution in [0.2, 0.25) is 0 Å². The van der Waals surface area contributed by atoms with Crippen molar-refractivity contribution in [2.45, 2.75) is 20.1 Å². The third-order valence-corrected chi connectivity index (χ3v) is 4.61. The number of benzene rings is 2. The van der Waals surface area contributed by atoms with Crippen molar-refractivity contribution in [1.29, 1.82) is 0 Å². The molecular weight excluding hydrogens is 350 g/mol. The van der Waals surface area contributed by atoms with E-state index in [0.717, 1.165) is 28.3 Å². The molecule has 0 bridgehead atoms. The van der Waals surface area contributed by atoms with E-state index in [2.05, 4.69) is 10.3 Å². The summed E-state index contributed by atoms with van der Waals surface area (Å²) in [6.45, 7) is 2.87. The maximum absolute atomic E-state index is 12.5. The third kappa shape index (κ3) is 3.88. The quantitative estimate of drug-likeness (QED) is 0.554. The highest BCUT2D eigenvalue weighted by Crippen LogP contribution is 2.15. The highest BCUT2D eigenvalue weighted by molar-refractivity contribution is 5.94. The smallest absolute Gasteiger partial charge is 0.251 e. The van der Waals surface area contributed by atoms with Gasteiger partial charge in [0, 0.05) is 11.8 Å². The molecule has 2 aromatic heterocycles. The van der Waals surface area contributed by atoms with Crippen molar-refractivity contribution in [3.8, 4) is 5.75 Å². The van der Waals surface area contributed by atoms with Gasteiger partial charge >= 0.3 is 0 Å². The second kappa shape index (κ2) is 7.96. The van der Waals surface area contributed by atoms with Gasteiger partial charge in [-0.3, -0.25) is 4.79 Å². The Labute approximate surface area is 163 Å². The number of hydrogen-bond donors (Lipinski definition) is 1. The Morgan fingerprint density at radius 3 is 2.54 bits per heavy atom. The highest BCUT2D eigenvalue weighted by Gasteiger charge is 2.11. The summed E-state index contributed by atoms with van der Waals surface area (Å²) in [6.07, 6.45) is 1.95. The molecule has 4 rings (SSSR count). The van der Waals surface area contributed by atoms with Crippen molar-refractivity contribution in [3.05, 3.63) is 102 Å². The van der Waals surface area contributed by atoms with Crippen molar-refractivity contribution >= 4 is 11.6 Å². The molecule has 4 aromatic rings. The topological polar surface area (TPSA) is 55.6 Å². The molecule has 5 nitrogen and oxygen atoms in total. The van der Waals surface area contributed by atoms with Crippen molar-refractivity contribution in [2.24, 2.45) is 0 Å². The molecule has 0 fully saturated rings. The van der Waals surface area contributed by atoms with Crippen molar-refractivity contribution in [3.63, 3.8) is 0 Å². The van der Waals surface area contributed by atoms with E-state index in [1.54, 1.807) is 12.1 Å². The zero-order chi connectivity index (χ0) is 19.3. The molecule has 2 aromatic carbocycles. The molecule has 0 radical (unpaired) electrons. The van der Waals surface area contributed by atoms with Gasteiger partial charge in [0.15, 0.2) is 0 Å². The lowest BCUT2D eigenvalue weighted by molar-refractivity contribution is 0.0950. The van der Waals surface area contributed by atoms with E-state index in [1.165, 1.54) is 0 Å². The number of hydrogen-bond acceptors (Lipinski definition) is 3. The van der Waals surface area contributed by atoms with Crippen LogP contribution >= 0.6 is 0 Å². The summed E-state index contributed by atoms with van der Waals surface area (Å²) in [6, 6.07) is 23.0. The van der Waals surface area contributed by atoms with Gasteiger partial charge in [-0.1, -0.05) is 36.4 Å². The first kappa shape index (κ1) is 17.8. The molecule has 0 saturated heterocycles. The summed E-state index contributed by atoms with van der Waals surface area (Å²) in [4.78, 5) is 17.0. The van der Waals surface area contributed by atoms with Crippen LogP contribution in [0.3, 0.4) is 0 Å². The zero-order valence-corrected chi connectivity index (χ0v) is 15.6. The van der Waals surface area contributed by atoms with Gasteiger partial charge in [0.1, 0.15) is 18.0 Å². The van der Waals surface area contributed by atoms with Crippen LogP contribution in [0.5, 0.6) is 5.75 Å². The maximum atomic E-state index is 12.5. The van der Waals surface area contributed by atoms with Gasteiger partial charge in [-0.25, -0.2) is 4.98 Å². The van der Waals surface area contributed by atoms with Gasteiger partial charge in [0.2, 0.25) is 0 Å². The molecule has 5 heteroatoms. The molecule has 140 valence electrons. The molecular formula is C23H21N3O2. The molecule has 0 aliphatic heterocycles. The average molecular weight is 371 g/mol. The highest BCUT2D eigenvalue weighted by atomic mass is 16.5. The second-order valence-corrected chi connectivity index (χ2v) is 6.55. The van der Waals surface area contributed by atoms with E-state index in [-0.39, 0.29) is 5.91 Å². The Morgan fingerprint density at radius 1 is 1.00 bits per heavy atom. The summed E-state index contributed by atoms with van der Waals surface area (Å²) in [5.41, 5.74) is 4.47.